The third-order valence-electron chi connectivity index (χ3n) is 5.20. The second kappa shape index (κ2) is 9.51. The van der Waals surface area contributed by atoms with Crippen LogP contribution in [0.4, 0.5) is 20.7 Å². The summed E-state index contributed by atoms with van der Waals surface area (Å²) in [5.74, 6) is 1.73. The first-order chi connectivity index (χ1) is 15.5. The molecule has 1 saturated heterocycles. The first kappa shape index (κ1) is 21.4. The summed E-state index contributed by atoms with van der Waals surface area (Å²) in [4.78, 5) is 25.1. The Balaban J connectivity index is 1.38. The molecule has 9 heteroatoms. The fraction of sp³-hybridized carbons (Fsp3) is 0.261. The van der Waals surface area contributed by atoms with E-state index in [9.17, 15) is 9.18 Å². The molecule has 2 heterocycles. The van der Waals surface area contributed by atoms with Crippen molar-refractivity contribution in [1.29, 1.82) is 0 Å². The number of benzene rings is 2. The Hall–Kier alpha value is -3.88. The van der Waals surface area contributed by atoms with Gasteiger partial charge in [0.05, 0.1) is 7.11 Å². The fourth-order valence-electron chi connectivity index (χ4n) is 3.55. The average molecular weight is 437 g/mol. The van der Waals surface area contributed by atoms with E-state index in [1.54, 1.807) is 54.5 Å². The number of rotatable bonds is 5. The molecule has 0 radical (unpaired) electrons. The van der Waals surface area contributed by atoms with Crippen LogP contribution in [0.1, 0.15) is 6.92 Å². The maximum absolute atomic E-state index is 13.4. The zero-order valence-electron chi connectivity index (χ0n) is 17.9. The van der Waals surface area contributed by atoms with Crippen molar-refractivity contribution in [1.82, 2.24) is 14.9 Å². The number of carbonyl (C=O) groups is 1. The number of carbonyl (C=O) groups excluding carboxylic acids is 1. The second-order valence-corrected chi connectivity index (χ2v) is 7.42. The third kappa shape index (κ3) is 5.05. The highest BCUT2D eigenvalue weighted by molar-refractivity contribution is 5.89. The minimum absolute atomic E-state index is 0.0375. The highest BCUT2D eigenvalue weighted by Gasteiger charge is 2.28. The molecule has 2 amide bonds. The van der Waals surface area contributed by atoms with Crippen LogP contribution in [0.5, 0.6) is 17.4 Å². The monoisotopic (exact) mass is 437 g/mol. The van der Waals surface area contributed by atoms with Crippen LogP contribution in [-0.2, 0) is 0 Å². The van der Waals surface area contributed by atoms with Gasteiger partial charge >= 0.3 is 6.03 Å². The summed E-state index contributed by atoms with van der Waals surface area (Å²) in [5.41, 5.74) is 0.709. The Morgan fingerprint density at radius 1 is 1.09 bits per heavy atom. The van der Waals surface area contributed by atoms with E-state index in [2.05, 4.69) is 20.2 Å². The largest absolute Gasteiger partial charge is 0.497 e. The minimum atomic E-state index is -0.380. The molecule has 1 aliphatic rings. The van der Waals surface area contributed by atoms with Crippen molar-refractivity contribution < 1.29 is 18.7 Å². The fourth-order valence-corrected chi connectivity index (χ4v) is 3.55. The molecule has 0 aliphatic carbocycles. The lowest BCUT2D eigenvalue weighted by Gasteiger charge is -2.40. The molecule has 1 fully saturated rings. The van der Waals surface area contributed by atoms with E-state index in [4.69, 9.17) is 9.47 Å². The van der Waals surface area contributed by atoms with Gasteiger partial charge in [-0.25, -0.2) is 19.2 Å². The molecule has 1 N–H and O–H groups in total. The molecule has 0 unspecified atom stereocenters. The van der Waals surface area contributed by atoms with Crippen LogP contribution < -0.4 is 19.7 Å². The molecule has 2 aromatic carbocycles. The number of anilines is 2. The van der Waals surface area contributed by atoms with Crippen molar-refractivity contribution in [3.05, 3.63) is 66.7 Å². The predicted octanol–water partition coefficient (Wildman–Crippen LogP) is 4.16. The lowest BCUT2D eigenvalue weighted by atomic mass is 10.2. The van der Waals surface area contributed by atoms with Gasteiger partial charge < -0.3 is 24.6 Å². The Kier molecular flexibility index (Phi) is 6.34. The molecule has 0 spiro atoms. The van der Waals surface area contributed by atoms with Crippen LogP contribution >= 0.6 is 0 Å². The molecule has 3 aromatic rings. The maximum Gasteiger partial charge on any atom is 0.322 e. The highest BCUT2D eigenvalue weighted by atomic mass is 19.1. The summed E-state index contributed by atoms with van der Waals surface area (Å²) in [5, 5.41) is 2.93. The lowest BCUT2D eigenvalue weighted by molar-refractivity contribution is 0.184. The maximum atomic E-state index is 13.4. The average Bonchev–Trinajstić information content (AvgIpc) is 2.79. The molecular weight excluding hydrogens is 413 g/mol. The first-order valence-electron chi connectivity index (χ1n) is 10.2. The first-order valence-corrected chi connectivity index (χ1v) is 10.2. The van der Waals surface area contributed by atoms with Crippen molar-refractivity contribution >= 4 is 17.5 Å². The minimum Gasteiger partial charge on any atom is -0.497 e. The van der Waals surface area contributed by atoms with E-state index < -0.39 is 0 Å². The molecule has 1 atom stereocenters. The summed E-state index contributed by atoms with van der Waals surface area (Å²) in [6.07, 6.45) is 1.41. The number of ether oxygens (including phenoxy) is 2. The summed E-state index contributed by atoms with van der Waals surface area (Å²) in [6, 6.07) is 14.6. The molecule has 32 heavy (non-hydrogen) atoms. The molecule has 1 aliphatic heterocycles. The van der Waals surface area contributed by atoms with Gasteiger partial charge in [0, 0.05) is 43.5 Å². The van der Waals surface area contributed by atoms with Gasteiger partial charge in [-0.2, -0.15) is 0 Å². The predicted molar refractivity (Wildman–Crippen MR) is 119 cm³/mol. The molecule has 0 bridgehead atoms. The number of hydrogen-bond acceptors (Lipinski definition) is 6. The normalized spacial score (nSPS) is 15.9. The number of piperazine rings is 1. The van der Waals surface area contributed by atoms with E-state index in [0.717, 1.165) is 5.75 Å². The van der Waals surface area contributed by atoms with Gasteiger partial charge in [0.15, 0.2) is 0 Å². The van der Waals surface area contributed by atoms with E-state index in [1.807, 2.05) is 6.92 Å². The Morgan fingerprint density at radius 2 is 1.91 bits per heavy atom. The van der Waals surface area contributed by atoms with E-state index >= 15 is 0 Å². The van der Waals surface area contributed by atoms with Crippen LogP contribution in [-0.4, -0.2) is 53.7 Å². The van der Waals surface area contributed by atoms with Gasteiger partial charge in [0.2, 0.25) is 5.88 Å². The van der Waals surface area contributed by atoms with Gasteiger partial charge in [-0.1, -0.05) is 6.07 Å². The lowest BCUT2D eigenvalue weighted by Crippen LogP contribution is -2.55. The van der Waals surface area contributed by atoms with Crippen LogP contribution in [0, 0.1) is 5.82 Å². The topological polar surface area (TPSA) is 79.8 Å². The van der Waals surface area contributed by atoms with E-state index in [-0.39, 0.29) is 17.9 Å². The SMILES string of the molecule is COc1ccc(NC(=O)N2CCN(c3cc(Oc4cccc(F)c4)ncn3)C[C@@H]2C)cc1. The van der Waals surface area contributed by atoms with Gasteiger partial charge in [-0.3, -0.25) is 0 Å². The molecule has 4 rings (SSSR count). The summed E-state index contributed by atoms with van der Waals surface area (Å²) >= 11 is 0. The van der Waals surface area contributed by atoms with Crippen molar-refractivity contribution in [3.63, 3.8) is 0 Å². The Bertz CT molecular complexity index is 1080. The smallest absolute Gasteiger partial charge is 0.322 e. The standard InChI is InChI=1S/C23H24FN5O3/c1-16-14-28(10-11-29(16)23(30)27-18-6-8-19(31-2)9-7-18)21-13-22(26-15-25-21)32-20-5-3-4-17(24)12-20/h3-9,12-13,15-16H,10-11,14H2,1-2H3,(H,27,30)/t16-/m0/s1. The number of nitrogens with zero attached hydrogens (tertiary/aromatic N) is 4. The van der Waals surface area contributed by atoms with Crippen LogP contribution in [0.25, 0.3) is 0 Å². The molecule has 8 nitrogen and oxygen atoms in total. The van der Waals surface area contributed by atoms with Crippen LogP contribution in [0.2, 0.25) is 0 Å². The summed E-state index contributed by atoms with van der Waals surface area (Å²) in [6.45, 7) is 3.74. The number of urea groups is 1. The van der Waals surface area contributed by atoms with Crippen molar-refractivity contribution in [2.75, 3.05) is 37.0 Å². The van der Waals surface area contributed by atoms with Crippen molar-refractivity contribution in [2.45, 2.75) is 13.0 Å². The number of hydrogen-bond donors (Lipinski definition) is 1. The van der Waals surface area contributed by atoms with E-state index in [0.29, 0.717) is 42.8 Å². The quantitative estimate of drug-likeness (QED) is 0.646. The summed E-state index contributed by atoms with van der Waals surface area (Å²) in [7, 11) is 1.60. The molecule has 166 valence electrons. The summed E-state index contributed by atoms with van der Waals surface area (Å²) < 4.78 is 24.2. The second-order valence-electron chi connectivity index (χ2n) is 7.42. The molecule has 1 aromatic heterocycles. The third-order valence-corrected chi connectivity index (χ3v) is 5.20. The zero-order valence-corrected chi connectivity index (χ0v) is 17.9. The Labute approximate surface area is 185 Å². The van der Waals surface area contributed by atoms with Gasteiger partial charge in [0.1, 0.15) is 29.5 Å². The van der Waals surface area contributed by atoms with Gasteiger partial charge in [0.25, 0.3) is 0 Å². The number of aromatic nitrogens is 2. The van der Waals surface area contributed by atoms with Gasteiger partial charge in [-0.05, 0) is 43.3 Å². The number of nitrogens with one attached hydrogen (secondary N) is 1. The number of halogens is 1. The molecule has 0 saturated carbocycles. The van der Waals surface area contributed by atoms with Crippen LogP contribution in [0.3, 0.4) is 0 Å². The van der Waals surface area contributed by atoms with Gasteiger partial charge in [-0.15, -0.1) is 0 Å². The highest BCUT2D eigenvalue weighted by Crippen LogP contribution is 2.25. The zero-order chi connectivity index (χ0) is 22.5. The van der Waals surface area contributed by atoms with Crippen molar-refractivity contribution in [3.8, 4) is 17.4 Å². The van der Waals surface area contributed by atoms with Crippen LogP contribution in [0.15, 0.2) is 60.9 Å². The van der Waals surface area contributed by atoms with E-state index in [1.165, 1.54) is 18.5 Å². The Morgan fingerprint density at radius 3 is 2.62 bits per heavy atom. The molecular formula is C23H24FN5O3. The number of amides is 2. The van der Waals surface area contributed by atoms with Crippen molar-refractivity contribution in [2.24, 2.45) is 0 Å². The number of methoxy groups -OCH3 is 1.